The van der Waals surface area contributed by atoms with Crippen molar-refractivity contribution in [1.82, 2.24) is 10.2 Å². The van der Waals surface area contributed by atoms with Crippen LogP contribution in [0.3, 0.4) is 0 Å². The molecule has 1 amide bonds. The van der Waals surface area contributed by atoms with Gasteiger partial charge in [-0.25, -0.2) is 0 Å². The molecule has 4 aliphatic rings. The number of carbonyl (C=O) groups excluding carboxylic acids is 1. The number of carbonyl (C=O) groups is 1. The average Bonchev–Trinajstić information content (AvgIpc) is 3.52. The van der Waals surface area contributed by atoms with Gasteiger partial charge in [-0.15, -0.1) is 0 Å². The van der Waals surface area contributed by atoms with E-state index in [1.807, 2.05) is 30.3 Å². The van der Waals surface area contributed by atoms with Gasteiger partial charge in [0.1, 0.15) is 12.3 Å². The Hall–Kier alpha value is -2.87. The summed E-state index contributed by atoms with van der Waals surface area (Å²) in [5, 5.41) is 14.9. The lowest BCUT2D eigenvalue weighted by atomic mass is 10.0. The molecule has 2 fully saturated rings. The first-order valence-electron chi connectivity index (χ1n) is 10.6. The van der Waals surface area contributed by atoms with Crippen LogP contribution in [0.1, 0.15) is 17.5 Å². The van der Waals surface area contributed by atoms with Crippen molar-refractivity contribution in [1.29, 1.82) is 0 Å². The van der Waals surface area contributed by atoms with Gasteiger partial charge in [0.25, 0.3) is 5.91 Å². The summed E-state index contributed by atoms with van der Waals surface area (Å²) in [5.41, 5.74) is 5.13. The van der Waals surface area contributed by atoms with Crippen LogP contribution in [0.25, 0.3) is 5.57 Å². The van der Waals surface area contributed by atoms with Crippen LogP contribution in [-0.4, -0.2) is 54.8 Å². The molecule has 0 unspecified atom stereocenters. The molecule has 3 N–H and O–H groups in total. The third kappa shape index (κ3) is 3.20. The molecule has 2 aromatic carbocycles. The summed E-state index contributed by atoms with van der Waals surface area (Å²) in [4.78, 5) is 21.1. The van der Waals surface area contributed by atoms with Crippen LogP contribution >= 0.6 is 11.6 Å². The highest BCUT2D eigenvalue weighted by atomic mass is 35.5. The first-order valence-corrected chi connectivity index (χ1v) is 10.9. The third-order valence-corrected chi connectivity index (χ3v) is 6.69. The topological polar surface area (TPSA) is 78.0 Å². The molecule has 2 saturated heterocycles. The number of fused-ring (bicyclic) bond motifs is 4. The lowest BCUT2D eigenvalue weighted by molar-refractivity contribution is -0.110. The second-order valence-electron chi connectivity index (χ2n) is 8.33. The van der Waals surface area contributed by atoms with Crippen LogP contribution in [0, 0.1) is 0 Å². The van der Waals surface area contributed by atoms with E-state index in [4.69, 9.17) is 16.4 Å². The molecule has 7 nitrogen and oxygen atoms in total. The zero-order valence-corrected chi connectivity index (χ0v) is 17.6. The first-order chi connectivity index (χ1) is 15.2. The summed E-state index contributed by atoms with van der Waals surface area (Å²) in [6, 6.07) is 14.5. The Morgan fingerprint density at radius 2 is 2.00 bits per heavy atom. The lowest BCUT2D eigenvalue weighted by Gasteiger charge is -2.26. The Balaban J connectivity index is 1.31. The minimum atomic E-state index is -0.180. The minimum Gasteiger partial charge on any atom is -0.394 e. The maximum atomic E-state index is 12.8. The molecule has 2 aromatic rings. The summed E-state index contributed by atoms with van der Waals surface area (Å²) in [6.45, 7) is 3.48. The van der Waals surface area contributed by atoms with E-state index in [0.717, 1.165) is 42.1 Å². The number of nitrogens with zero attached hydrogens (tertiary/aromatic N) is 2. The number of piperazine rings is 1. The fourth-order valence-corrected chi connectivity index (χ4v) is 5.15. The van der Waals surface area contributed by atoms with Crippen LogP contribution in [0.4, 0.5) is 11.4 Å². The summed E-state index contributed by atoms with van der Waals surface area (Å²) in [6.07, 6.45) is 1.22. The number of rotatable bonds is 4. The number of oxime groups is 1. The molecule has 8 heteroatoms. The van der Waals surface area contributed by atoms with Crippen LogP contribution in [0.2, 0.25) is 5.02 Å². The van der Waals surface area contributed by atoms with Crippen molar-refractivity contribution in [2.24, 2.45) is 5.16 Å². The zero-order chi connectivity index (χ0) is 20.9. The third-order valence-electron chi connectivity index (χ3n) is 6.45. The van der Waals surface area contributed by atoms with E-state index in [0.29, 0.717) is 40.7 Å². The van der Waals surface area contributed by atoms with Gasteiger partial charge in [0.15, 0.2) is 0 Å². The fraction of sp³-hybridized carbons (Fsp3) is 0.304. The average molecular weight is 436 g/mol. The molecule has 2 atom stereocenters. The normalized spacial score (nSPS) is 27.4. The number of nitrogens with one attached hydrogen (secondary N) is 3. The molecular formula is C23H22ClN5O2. The van der Waals surface area contributed by atoms with Crippen molar-refractivity contribution in [2.45, 2.75) is 18.5 Å². The molecule has 0 saturated carbocycles. The lowest BCUT2D eigenvalue weighted by Crippen LogP contribution is -2.44. The van der Waals surface area contributed by atoms with Crippen molar-refractivity contribution in [3.63, 3.8) is 0 Å². The molecule has 0 aromatic heterocycles. The van der Waals surface area contributed by atoms with Gasteiger partial charge in [-0.3, -0.25) is 9.69 Å². The van der Waals surface area contributed by atoms with E-state index in [-0.39, 0.29) is 5.91 Å². The Kier molecular flexibility index (Phi) is 4.49. The number of halogens is 1. The summed E-state index contributed by atoms with van der Waals surface area (Å²) >= 11 is 6.21. The fourth-order valence-electron chi connectivity index (χ4n) is 4.98. The zero-order valence-electron chi connectivity index (χ0n) is 16.8. The second-order valence-corrected chi connectivity index (χ2v) is 8.76. The van der Waals surface area contributed by atoms with Gasteiger partial charge in [0.05, 0.1) is 11.3 Å². The Labute approximate surface area is 185 Å². The number of hydrogen-bond donors (Lipinski definition) is 3. The maximum absolute atomic E-state index is 12.8. The van der Waals surface area contributed by atoms with Crippen LogP contribution in [0.15, 0.2) is 53.3 Å². The number of para-hydroxylation sites is 1. The number of hydrogen-bond acceptors (Lipinski definition) is 6. The van der Waals surface area contributed by atoms with Gasteiger partial charge < -0.3 is 20.8 Å². The molecule has 158 valence electrons. The van der Waals surface area contributed by atoms with Crippen LogP contribution in [0.5, 0.6) is 0 Å². The van der Waals surface area contributed by atoms with Gasteiger partial charge in [-0.2, -0.15) is 0 Å². The number of benzene rings is 2. The van der Waals surface area contributed by atoms with Gasteiger partial charge >= 0.3 is 0 Å². The molecule has 0 aliphatic carbocycles. The summed E-state index contributed by atoms with van der Waals surface area (Å²) < 4.78 is 0. The predicted octanol–water partition coefficient (Wildman–Crippen LogP) is 2.90. The van der Waals surface area contributed by atoms with Crippen molar-refractivity contribution in [3.8, 4) is 0 Å². The van der Waals surface area contributed by atoms with Crippen molar-refractivity contribution < 1.29 is 9.63 Å². The summed E-state index contributed by atoms with van der Waals surface area (Å²) in [5.74, 6) is -0.180. The summed E-state index contributed by atoms with van der Waals surface area (Å²) in [7, 11) is 0. The molecule has 4 aliphatic heterocycles. The number of likely N-dealkylation sites (tertiary alicyclic amines) is 1. The Bertz CT molecular complexity index is 1140. The highest BCUT2D eigenvalue weighted by Gasteiger charge is 2.37. The SMILES string of the molecule is O=C1Nc2ccc(Cl)cc2/C1=C1/Nc2ccccc2/C1=N\OCCN1C[C@H]2C[C@@H]1CN2. The predicted molar refractivity (Wildman–Crippen MR) is 121 cm³/mol. The van der Waals surface area contributed by atoms with Gasteiger partial charge in [-0.05, 0) is 30.7 Å². The number of amides is 1. The van der Waals surface area contributed by atoms with E-state index in [2.05, 4.69) is 26.0 Å². The van der Waals surface area contributed by atoms with Crippen molar-refractivity contribution in [2.75, 3.05) is 36.9 Å². The van der Waals surface area contributed by atoms with Crippen molar-refractivity contribution in [3.05, 3.63) is 64.3 Å². The number of allylic oxidation sites excluding steroid dienone is 1. The molecule has 0 radical (unpaired) electrons. The van der Waals surface area contributed by atoms with Gasteiger partial charge in [0, 0.05) is 59.2 Å². The first kappa shape index (κ1) is 18.9. The van der Waals surface area contributed by atoms with E-state index in [1.165, 1.54) is 6.42 Å². The van der Waals surface area contributed by atoms with E-state index in [9.17, 15) is 4.79 Å². The van der Waals surface area contributed by atoms with Gasteiger partial charge in [-0.1, -0.05) is 35.0 Å². The standard InChI is InChI=1S/C23H22ClN5O2/c24-13-5-6-19-17(9-13)20(23(30)27-19)22-21(16-3-1-2-4-18(16)26-22)28-31-8-7-29-12-14-10-15(29)11-25-14/h1-6,9,14-15,25-26H,7-8,10-12H2,(H,27,30)/b22-20-,28-21+/t14-,15-/m1/s1. The Morgan fingerprint density at radius 3 is 2.84 bits per heavy atom. The van der Waals surface area contributed by atoms with Crippen LogP contribution in [-0.2, 0) is 9.63 Å². The van der Waals surface area contributed by atoms with E-state index < -0.39 is 0 Å². The second kappa shape index (κ2) is 7.37. The molecule has 6 rings (SSSR count). The quantitative estimate of drug-likeness (QED) is 0.391. The largest absolute Gasteiger partial charge is 0.394 e. The molecule has 2 bridgehead atoms. The smallest absolute Gasteiger partial charge is 0.258 e. The Morgan fingerprint density at radius 1 is 1.13 bits per heavy atom. The van der Waals surface area contributed by atoms with E-state index >= 15 is 0 Å². The molecule has 31 heavy (non-hydrogen) atoms. The monoisotopic (exact) mass is 435 g/mol. The van der Waals surface area contributed by atoms with Crippen LogP contribution < -0.4 is 16.0 Å². The molecular weight excluding hydrogens is 414 g/mol. The minimum absolute atomic E-state index is 0.180. The maximum Gasteiger partial charge on any atom is 0.258 e. The van der Waals surface area contributed by atoms with Gasteiger partial charge in [0.2, 0.25) is 0 Å². The van der Waals surface area contributed by atoms with Crippen molar-refractivity contribution >= 4 is 40.2 Å². The number of anilines is 2. The highest BCUT2D eigenvalue weighted by molar-refractivity contribution is 6.40. The van der Waals surface area contributed by atoms with E-state index in [1.54, 1.807) is 12.1 Å². The molecule has 4 heterocycles. The molecule has 0 spiro atoms. The highest BCUT2D eigenvalue weighted by Crippen LogP contribution is 2.40.